The van der Waals surface area contributed by atoms with E-state index in [1.54, 1.807) is 6.07 Å². The fraction of sp³-hybridized carbons (Fsp3) is 0.278. The van der Waals surface area contributed by atoms with E-state index < -0.39 is 0 Å². The Hall–Kier alpha value is -2.49. The molecule has 2 aromatic carbocycles. The predicted octanol–water partition coefficient (Wildman–Crippen LogP) is 3.35. The Kier molecular flexibility index (Phi) is 5.04. The van der Waals surface area contributed by atoms with E-state index in [1.165, 1.54) is 5.56 Å². The highest BCUT2D eigenvalue weighted by atomic mass is 16.2. The van der Waals surface area contributed by atoms with Crippen LogP contribution >= 0.6 is 0 Å². The Morgan fingerprint density at radius 3 is 2.64 bits per heavy atom. The van der Waals surface area contributed by atoms with Crippen molar-refractivity contribution in [1.82, 2.24) is 0 Å². The van der Waals surface area contributed by atoms with Crippen LogP contribution in [0.15, 0.2) is 42.5 Å². The fourth-order valence-electron chi connectivity index (χ4n) is 2.35. The summed E-state index contributed by atoms with van der Waals surface area (Å²) < 4.78 is 0. The Bertz CT molecular complexity index is 667. The summed E-state index contributed by atoms with van der Waals surface area (Å²) >= 11 is 0. The lowest BCUT2D eigenvalue weighted by Gasteiger charge is -2.23. The number of carbonyl (C=O) groups excluding carboxylic acids is 1. The minimum atomic E-state index is -0.0444. The van der Waals surface area contributed by atoms with Crippen molar-refractivity contribution in [3.8, 4) is 0 Å². The zero-order valence-electron chi connectivity index (χ0n) is 13.4. The van der Waals surface area contributed by atoms with Gasteiger partial charge in [0.15, 0.2) is 0 Å². The van der Waals surface area contributed by atoms with Gasteiger partial charge in [-0.2, -0.15) is 0 Å². The lowest BCUT2D eigenvalue weighted by molar-refractivity contribution is -0.115. The molecule has 0 aromatic heterocycles. The maximum Gasteiger partial charge on any atom is 0.243 e. The number of nitrogens with two attached hydrogens (primary N) is 1. The van der Waals surface area contributed by atoms with Crippen LogP contribution in [0.1, 0.15) is 18.1 Å². The van der Waals surface area contributed by atoms with E-state index in [1.807, 2.05) is 56.0 Å². The summed E-state index contributed by atoms with van der Waals surface area (Å²) in [7, 11) is 0. The van der Waals surface area contributed by atoms with Gasteiger partial charge in [0.1, 0.15) is 0 Å². The van der Waals surface area contributed by atoms with Gasteiger partial charge in [0.2, 0.25) is 5.91 Å². The maximum absolute atomic E-state index is 12.3. The van der Waals surface area contributed by atoms with Crippen LogP contribution in [0.4, 0.5) is 17.1 Å². The predicted molar refractivity (Wildman–Crippen MR) is 93.3 cm³/mol. The Balaban J connectivity index is 2.08. The zero-order valence-corrected chi connectivity index (χ0v) is 13.4. The number of nitrogen functional groups attached to an aromatic ring is 1. The van der Waals surface area contributed by atoms with Crippen LogP contribution in [-0.2, 0) is 4.79 Å². The molecule has 116 valence electrons. The third-order valence-corrected chi connectivity index (χ3v) is 3.62. The Morgan fingerprint density at radius 2 is 1.95 bits per heavy atom. The van der Waals surface area contributed by atoms with E-state index in [0.717, 1.165) is 23.5 Å². The second-order valence-corrected chi connectivity index (χ2v) is 5.48. The van der Waals surface area contributed by atoms with Crippen molar-refractivity contribution in [3.63, 3.8) is 0 Å². The Labute approximate surface area is 131 Å². The number of amides is 1. The number of carbonyl (C=O) groups is 1. The first-order valence-electron chi connectivity index (χ1n) is 7.47. The summed E-state index contributed by atoms with van der Waals surface area (Å²) in [5.74, 6) is -0.0444. The first-order chi connectivity index (χ1) is 10.5. The van der Waals surface area contributed by atoms with Gasteiger partial charge in [0, 0.05) is 23.6 Å². The van der Waals surface area contributed by atoms with Gasteiger partial charge in [-0.25, -0.2) is 0 Å². The van der Waals surface area contributed by atoms with Crippen LogP contribution in [0.3, 0.4) is 0 Å². The molecule has 0 fully saturated rings. The quantitative estimate of drug-likeness (QED) is 0.832. The van der Waals surface area contributed by atoms with Crippen LogP contribution < -0.4 is 16.0 Å². The third kappa shape index (κ3) is 4.01. The van der Waals surface area contributed by atoms with E-state index in [0.29, 0.717) is 12.2 Å². The molecule has 0 spiro atoms. The molecule has 0 radical (unpaired) electrons. The molecule has 0 bridgehead atoms. The molecule has 2 rings (SSSR count). The van der Waals surface area contributed by atoms with Crippen molar-refractivity contribution in [2.45, 2.75) is 20.8 Å². The molecule has 0 aliphatic rings. The standard InChI is InChI=1S/C18H23N3O/c1-4-21(16-7-5-6-13(2)10-16)12-18(22)20-17-11-15(19)9-8-14(17)3/h5-11H,4,12,19H2,1-3H3,(H,20,22). The van der Waals surface area contributed by atoms with E-state index in [-0.39, 0.29) is 5.91 Å². The van der Waals surface area contributed by atoms with Crippen LogP contribution in [0.25, 0.3) is 0 Å². The van der Waals surface area contributed by atoms with Gasteiger partial charge in [-0.15, -0.1) is 0 Å². The molecule has 22 heavy (non-hydrogen) atoms. The summed E-state index contributed by atoms with van der Waals surface area (Å²) in [6, 6.07) is 13.7. The fourth-order valence-corrected chi connectivity index (χ4v) is 2.35. The Morgan fingerprint density at radius 1 is 1.18 bits per heavy atom. The van der Waals surface area contributed by atoms with Crippen molar-refractivity contribution in [3.05, 3.63) is 53.6 Å². The molecular weight excluding hydrogens is 274 g/mol. The maximum atomic E-state index is 12.3. The molecule has 0 saturated carbocycles. The third-order valence-electron chi connectivity index (χ3n) is 3.62. The first kappa shape index (κ1) is 15.9. The van der Waals surface area contributed by atoms with Crippen LogP contribution in [-0.4, -0.2) is 19.0 Å². The molecule has 2 aromatic rings. The number of nitrogens with zero attached hydrogens (tertiary/aromatic N) is 1. The lowest BCUT2D eigenvalue weighted by atomic mass is 10.2. The van der Waals surface area contributed by atoms with Gasteiger partial charge in [0.05, 0.1) is 6.54 Å². The van der Waals surface area contributed by atoms with Gasteiger partial charge in [-0.3, -0.25) is 4.79 Å². The normalized spacial score (nSPS) is 10.3. The summed E-state index contributed by atoms with van der Waals surface area (Å²) in [4.78, 5) is 14.4. The van der Waals surface area contributed by atoms with Crippen molar-refractivity contribution < 1.29 is 4.79 Å². The smallest absolute Gasteiger partial charge is 0.243 e. The van der Waals surface area contributed by atoms with Crippen molar-refractivity contribution in [2.24, 2.45) is 0 Å². The molecule has 0 heterocycles. The topological polar surface area (TPSA) is 58.4 Å². The summed E-state index contributed by atoms with van der Waals surface area (Å²) in [6.45, 7) is 7.13. The highest BCUT2D eigenvalue weighted by Crippen LogP contribution is 2.19. The number of hydrogen-bond acceptors (Lipinski definition) is 3. The number of rotatable bonds is 5. The number of anilines is 3. The molecule has 3 N–H and O–H groups in total. The monoisotopic (exact) mass is 297 g/mol. The molecule has 4 heteroatoms. The molecule has 0 aliphatic heterocycles. The minimum absolute atomic E-state index is 0.0444. The number of benzene rings is 2. The first-order valence-corrected chi connectivity index (χ1v) is 7.47. The second-order valence-electron chi connectivity index (χ2n) is 5.48. The van der Waals surface area contributed by atoms with Crippen LogP contribution in [0.5, 0.6) is 0 Å². The van der Waals surface area contributed by atoms with Crippen molar-refractivity contribution in [2.75, 3.05) is 29.0 Å². The van der Waals surface area contributed by atoms with Crippen molar-refractivity contribution in [1.29, 1.82) is 0 Å². The highest BCUT2D eigenvalue weighted by molar-refractivity contribution is 5.95. The zero-order chi connectivity index (χ0) is 16.1. The average Bonchev–Trinajstić information content (AvgIpc) is 2.48. The van der Waals surface area contributed by atoms with Crippen molar-refractivity contribution >= 4 is 23.0 Å². The average molecular weight is 297 g/mol. The summed E-state index contributed by atoms with van der Waals surface area (Å²) in [5, 5.41) is 2.94. The van der Waals surface area contributed by atoms with Gasteiger partial charge in [0.25, 0.3) is 0 Å². The van der Waals surface area contributed by atoms with Crippen LogP contribution in [0, 0.1) is 13.8 Å². The molecular formula is C18H23N3O. The second kappa shape index (κ2) is 6.98. The molecule has 0 unspecified atom stereocenters. The molecule has 4 nitrogen and oxygen atoms in total. The highest BCUT2D eigenvalue weighted by Gasteiger charge is 2.11. The van der Waals surface area contributed by atoms with E-state index >= 15 is 0 Å². The minimum Gasteiger partial charge on any atom is -0.399 e. The molecule has 0 saturated heterocycles. The van der Waals surface area contributed by atoms with Gasteiger partial charge < -0.3 is 16.0 Å². The largest absolute Gasteiger partial charge is 0.399 e. The van der Waals surface area contributed by atoms with E-state index in [2.05, 4.69) is 11.4 Å². The molecule has 0 aliphatic carbocycles. The number of nitrogens with one attached hydrogen (secondary N) is 1. The molecule has 0 atom stereocenters. The summed E-state index contributed by atoms with van der Waals surface area (Å²) in [5.41, 5.74) is 10.4. The SMILES string of the molecule is CCN(CC(=O)Nc1cc(N)ccc1C)c1cccc(C)c1. The van der Waals surface area contributed by atoms with E-state index in [9.17, 15) is 4.79 Å². The van der Waals surface area contributed by atoms with Gasteiger partial charge in [-0.1, -0.05) is 18.2 Å². The lowest BCUT2D eigenvalue weighted by Crippen LogP contribution is -2.33. The number of hydrogen-bond donors (Lipinski definition) is 2. The summed E-state index contributed by atoms with van der Waals surface area (Å²) in [6.07, 6.45) is 0. The van der Waals surface area contributed by atoms with Gasteiger partial charge in [-0.05, 0) is 56.2 Å². The molecule has 1 amide bonds. The van der Waals surface area contributed by atoms with Gasteiger partial charge >= 0.3 is 0 Å². The van der Waals surface area contributed by atoms with E-state index in [4.69, 9.17) is 5.73 Å². The number of likely N-dealkylation sites (N-methyl/N-ethyl adjacent to an activating group) is 1. The number of aryl methyl sites for hydroxylation is 2. The van der Waals surface area contributed by atoms with Crippen LogP contribution in [0.2, 0.25) is 0 Å².